The largest absolute Gasteiger partial charge is 0.440 e. The molecule has 0 spiro atoms. The van der Waals surface area contributed by atoms with E-state index in [1.807, 2.05) is 54.7 Å². The zero-order valence-corrected chi connectivity index (χ0v) is 24.1. The number of nitrogens with one attached hydrogen (secondary N) is 2. The minimum absolute atomic E-state index is 0.458. The van der Waals surface area contributed by atoms with Crippen LogP contribution in [0.5, 0.6) is 0 Å². The van der Waals surface area contributed by atoms with Crippen LogP contribution in [0.4, 0.5) is 11.9 Å². The van der Waals surface area contributed by atoms with Gasteiger partial charge in [0.2, 0.25) is 11.9 Å². The van der Waals surface area contributed by atoms with Gasteiger partial charge in [-0.3, -0.25) is 4.68 Å². The normalized spacial score (nSPS) is 11.4. The first-order chi connectivity index (χ1) is 19.9. The molecule has 0 saturated carbocycles. The van der Waals surface area contributed by atoms with Crippen LogP contribution in [0.1, 0.15) is 40.0 Å². The molecule has 0 saturated heterocycles. The van der Waals surface area contributed by atoms with Gasteiger partial charge in [-0.2, -0.15) is 15.0 Å². The molecule has 0 aliphatic carbocycles. The Labute approximate surface area is 240 Å². The van der Waals surface area contributed by atoms with E-state index in [0.29, 0.717) is 54.1 Å². The van der Waals surface area contributed by atoms with E-state index in [0.717, 1.165) is 42.1 Å². The molecular weight excluding hydrogens is 514 g/mol. The Hall–Kier alpha value is -4.60. The minimum atomic E-state index is 0.458. The lowest BCUT2D eigenvalue weighted by atomic mass is 10.1. The molecule has 0 atom stereocenters. The Bertz CT molecular complexity index is 1440. The summed E-state index contributed by atoms with van der Waals surface area (Å²) >= 11 is 0. The zero-order chi connectivity index (χ0) is 28.6. The van der Waals surface area contributed by atoms with E-state index in [2.05, 4.69) is 75.7 Å². The molecule has 0 unspecified atom stereocenters. The number of aryl methyl sites for hydroxylation is 2. The van der Waals surface area contributed by atoms with Crippen molar-refractivity contribution in [3.05, 3.63) is 72.8 Å². The summed E-state index contributed by atoms with van der Waals surface area (Å²) in [4.78, 5) is 18.6. The van der Waals surface area contributed by atoms with Crippen LogP contribution in [-0.2, 0) is 13.0 Å². The summed E-state index contributed by atoms with van der Waals surface area (Å²) in [5.74, 6) is 3.93. The van der Waals surface area contributed by atoms with Crippen LogP contribution in [0.25, 0.3) is 34.1 Å². The highest BCUT2D eigenvalue weighted by atomic mass is 16.4. The molecular formula is C31H37N9O. The predicted molar refractivity (Wildman–Crippen MR) is 161 cm³/mol. The van der Waals surface area contributed by atoms with Gasteiger partial charge in [-0.1, -0.05) is 93.6 Å². The molecule has 2 N–H and O–H groups in total. The first-order valence-electron chi connectivity index (χ1n) is 14.2. The third-order valence-corrected chi connectivity index (χ3v) is 6.27. The topological polar surface area (TPSA) is 119 Å². The van der Waals surface area contributed by atoms with Gasteiger partial charge in [0.05, 0.1) is 6.20 Å². The Kier molecular flexibility index (Phi) is 8.98. The Morgan fingerprint density at radius 3 is 1.98 bits per heavy atom. The molecule has 10 nitrogen and oxygen atoms in total. The second-order valence-corrected chi connectivity index (χ2v) is 10.8. The van der Waals surface area contributed by atoms with Gasteiger partial charge in [0.15, 0.2) is 23.2 Å². The fraction of sp³-hybridized carbons (Fsp3) is 0.355. The van der Waals surface area contributed by atoms with E-state index >= 15 is 0 Å². The van der Waals surface area contributed by atoms with Crippen molar-refractivity contribution in [2.45, 2.75) is 47.1 Å². The molecule has 10 heteroatoms. The molecule has 3 aromatic heterocycles. The molecule has 2 aromatic carbocycles. The van der Waals surface area contributed by atoms with Crippen molar-refractivity contribution in [2.24, 2.45) is 11.8 Å². The summed E-state index contributed by atoms with van der Waals surface area (Å²) in [5, 5.41) is 15.3. The van der Waals surface area contributed by atoms with E-state index in [1.54, 1.807) is 4.68 Å². The number of hydrogen-bond acceptors (Lipinski definition) is 9. The van der Waals surface area contributed by atoms with Crippen molar-refractivity contribution in [1.29, 1.82) is 0 Å². The molecule has 0 amide bonds. The van der Waals surface area contributed by atoms with E-state index in [1.165, 1.54) is 0 Å². The van der Waals surface area contributed by atoms with E-state index < -0.39 is 0 Å². The first-order valence-corrected chi connectivity index (χ1v) is 14.2. The van der Waals surface area contributed by atoms with Crippen molar-refractivity contribution in [3.8, 4) is 34.1 Å². The van der Waals surface area contributed by atoms with Crippen molar-refractivity contribution in [3.63, 3.8) is 0 Å². The van der Waals surface area contributed by atoms with Gasteiger partial charge in [-0.25, -0.2) is 4.98 Å². The maximum absolute atomic E-state index is 6.28. The van der Waals surface area contributed by atoms with Crippen LogP contribution in [0.3, 0.4) is 0 Å². The SMILES string of the molecule is CC(C)CNc1nc(NCC(C)C)nc(-c2cn(CCCc3nc(-c4ccccc4)c(-c4ccccc4)o3)nn2)n1. The Morgan fingerprint density at radius 2 is 1.37 bits per heavy atom. The van der Waals surface area contributed by atoms with Gasteiger partial charge >= 0.3 is 0 Å². The van der Waals surface area contributed by atoms with Gasteiger partial charge in [0.1, 0.15) is 5.69 Å². The molecule has 3 heterocycles. The highest BCUT2D eigenvalue weighted by molar-refractivity contribution is 5.76. The minimum Gasteiger partial charge on any atom is -0.440 e. The van der Waals surface area contributed by atoms with Crippen LogP contribution in [0, 0.1) is 11.8 Å². The number of anilines is 2. The monoisotopic (exact) mass is 551 g/mol. The second kappa shape index (κ2) is 13.2. The predicted octanol–water partition coefficient (Wildman–Crippen LogP) is 6.22. The van der Waals surface area contributed by atoms with Crippen molar-refractivity contribution < 1.29 is 4.42 Å². The van der Waals surface area contributed by atoms with Gasteiger partial charge < -0.3 is 15.1 Å². The van der Waals surface area contributed by atoms with E-state index in [4.69, 9.17) is 9.40 Å². The number of benzene rings is 2. The molecule has 0 bridgehead atoms. The van der Waals surface area contributed by atoms with Gasteiger partial charge in [0, 0.05) is 37.2 Å². The van der Waals surface area contributed by atoms with Crippen molar-refractivity contribution in [2.75, 3.05) is 23.7 Å². The maximum atomic E-state index is 6.28. The standard InChI is InChI=1S/C31H37N9O/c1-21(2)18-32-30-35-29(36-31(37-30)33-19-22(3)4)25-20-40(39-38-25)17-11-16-26-34-27(23-12-7-5-8-13-23)28(41-26)24-14-9-6-10-15-24/h5-10,12-15,20-22H,11,16-19H2,1-4H3,(H2,32,33,35,36,37). The third kappa shape index (κ3) is 7.53. The van der Waals surface area contributed by atoms with Gasteiger partial charge in [-0.05, 0) is 18.3 Å². The summed E-state index contributed by atoms with van der Waals surface area (Å²) in [5.41, 5.74) is 3.49. The van der Waals surface area contributed by atoms with E-state index in [9.17, 15) is 0 Å². The second-order valence-electron chi connectivity index (χ2n) is 10.8. The molecule has 41 heavy (non-hydrogen) atoms. The lowest BCUT2D eigenvalue weighted by Gasteiger charge is -2.11. The average molecular weight is 552 g/mol. The molecule has 0 radical (unpaired) electrons. The van der Waals surface area contributed by atoms with E-state index in [-0.39, 0.29) is 0 Å². The number of nitrogens with zero attached hydrogens (tertiary/aromatic N) is 7. The maximum Gasteiger partial charge on any atom is 0.228 e. The number of aromatic nitrogens is 7. The molecule has 0 aliphatic rings. The lowest BCUT2D eigenvalue weighted by Crippen LogP contribution is -2.15. The first kappa shape index (κ1) is 27.9. The Morgan fingerprint density at radius 1 is 0.756 bits per heavy atom. The summed E-state index contributed by atoms with van der Waals surface area (Å²) in [6.45, 7) is 10.7. The quantitative estimate of drug-likeness (QED) is 0.176. The summed E-state index contributed by atoms with van der Waals surface area (Å²) < 4.78 is 8.08. The smallest absolute Gasteiger partial charge is 0.228 e. The van der Waals surface area contributed by atoms with Crippen LogP contribution in [0.15, 0.2) is 71.3 Å². The van der Waals surface area contributed by atoms with Gasteiger partial charge in [-0.15, -0.1) is 5.10 Å². The molecule has 5 rings (SSSR count). The highest BCUT2D eigenvalue weighted by Crippen LogP contribution is 2.32. The average Bonchev–Trinajstić information content (AvgIpc) is 3.64. The fourth-order valence-electron chi connectivity index (χ4n) is 4.19. The number of oxazole rings is 1. The van der Waals surface area contributed by atoms with Crippen LogP contribution >= 0.6 is 0 Å². The summed E-state index contributed by atoms with van der Waals surface area (Å²) in [6.07, 6.45) is 3.32. The molecule has 5 aromatic rings. The lowest BCUT2D eigenvalue weighted by molar-refractivity contribution is 0.474. The van der Waals surface area contributed by atoms with Crippen molar-refractivity contribution in [1.82, 2.24) is 34.9 Å². The molecule has 0 fully saturated rings. The molecule has 0 aliphatic heterocycles. The summed E-state index contributed by atoms with van der Waals surface area (Å²) in [6, 6.07) is 20.2. The highest BCUT2D eigenvalue weighted by Gasteiger charge is 2.17. The number of rotatable bonds is 13. The summed E-state index contributed by atoms with van der Waals surface area (Å²) in [7, 11) is 0. The van der Waals surface area contributed by atoms with Gasteiger partial charge in [0.25, 0.3) is 0 Å². The number of hydrogen-bond donors (Lipinski definition) is 2. The van der Waals surface area contributed by atoms with Crippen molar-refractivity contribution >= 4 is 11.9 Å². The third-order valence-electron chi connectivity index (χ3n) is 6.27. The van der Waals surface area contributed by atoms with Crippen LogP contribution < -0.4 is 10.6 Å². The fourth-order valence-corrected chi connectivity index (χ4v) is 4.19. The molecule has 212 valence electrons. The van der Waals surface area contributed by atoms with Crippen LogP contribution in [0.2, 0.25) is 0 Å². The van der Waals surface area contributed by atoms with Crippen LogP contribution in [-0.4, -0.2) is 48.0 Å². The zero-order valence-electron chi connectivity index (χ0n) is 24.1. The Balaban J connectivity index is 1.29.